The molecule has 2 aromatic heterocycles. The van der Waals surface area contributed by atoms with Crippen molar-refractivity contribution >= 4 is 10.9 Å². The molecule has 0 atom stereocenters. The number of nitrogens with zero attached hydrogens (tertiary/aromatic N) is 2. The molecular formula is C41H55FN4. The first kappa shape index (κ1) is 35.2. The lowest BCUT2D eigenvalue weighted by Crippen LogP contribution is -2.27. The molecule has 0 radical (unpaired) electrons. The number of rotatable bonds is 19. The molecule has 46 heavy (non-hydrogen) atoms. The molecule has 5 heteroatoms. The second-order valence-corrected chi connectivity index (χ2v) is 13.7. The van der Waals surface area contributed by atoms with Gasteiger partial charge in [-0.1, -0.05) is 71.4 Å². The summed E-state index contributed by atoms with van der Waals surface area (Å²) in [5.74, 6) is 0.310. The molecule has 246 valence electrons. The van der Waals surface area contributed by atoms with Gasteiger partial charge in [0, 0.05) is 42.0 Å². The van der Waals surface area contributed by atoms with Gasteiger partial charge < -0.3 is 9.99 Å². The van der Waals surface area contributed by atoms with Gasteiger partial charge in [-0.3, -0.25) is 4.98 Å². The Labute approximate surface area is 277 Å². The molecular weight excluding hydrogens is 567 g/mol. The van der Waals surface area contributed by atoms with Crippen molar-refractivity contribution in [1.29, 1.82) is 0 Å². The van der Waals surface area contributed by atoms with Crippen molar-refractivity contribution < 1.29 is 4.39 Å². The molecule has 2 heterocycles. The summed E-state index contributed by atoms with van der Waals surface area (Å²) in [5, 5.41) is 1.28. The number of hydrogen-bond acceptors (Lipinski definition) is 3. The van der Waals surface area contributed by atoms with E-state index in [4.69, 9.17) is 4.98 Å². The maximum Gasteiger partial charge on any atom is 0.115 e. The second kappa shape index (κ2) is 16.7. The average Bonchev–Trinajstić information content (AvgIpc) is 3.36. The Morgan fingerprint density at radius 3 is 2.48 bits per heavy atom. The molecule has 0 spiro atoms. The molecule has 4 nitrogen and oxygen atoms in total. The van der Waals surface area contributed by atoms with Gasteiger partial charge in [0.05, 0.1) is 11.4 Å². The van der Waals surface area contributed by atoms with Gasteiger partial charge in [-0.15, -0.1) is 6.58 Å². The molecule has 0 bridgehead atoms. The first-order valence-electron chi connectivity index (χ1n) is 17.2. The highest BCUT2D eigenvalue weighted by molar-refractivity contribution is 5.95. The third-order valence-electron chi connectivity index (χ3n) is 9.07. The highest BCUT2D eigenvalue weighted by Gasteiger charge is 2.27. The smallest absolute Gasteiger partial charge is 0.115 e. The van der Waals surface area contributed by atoms with Gasteiger partial charge in [0.15, 0.2) is 0 Å². The van der Waals surface area contributed by atoms with Crippen LogP contribution in [-0.2, 0) is 26.1 Å². The maximum absolute atomic E-state index is 14.2. The summed E-state index contributed by atoms with van der Waals surface area (Å²) in [7, 11) is 0. The van der Waals surface area contributed by atoms with Crippen molar-refractivity contribution in [3.05, 3.63) is 103 Å². The van der Waals surface area contributed by atoms with Crippen LogP contribution in [0.3, 0.4) is 0 Å². The summed E-state index contributed by atoms with van der Waals surface area (Å²) >= 11 is 0. The number of nitrogens with one attached hydrogen (secondary N) is 2. The Morgan fingerprint density at radius 1 is 0.978 bits per heavy atom. The highest BCUT2D eigenvalue weighted by atomic mass is 19.1. The highest BCUT2D eigenvalue weighted by Crippen LogP contribution is 2.42. The zero-order chi connectivity index (χ0) is 33.1. The van der Waals surface area contributed by atoms with E-state index in [0.717, 1.165) is 86.8 Å². The van der Waals surface area contributed by atoms with Gasteiger partial charge >= 0.3 is 0 Å². The van der Waals surface area contributed by atoms with Crippen molar-refractivity contribution in [1.82, 2.24) is 20.4 Å². The largest absolute Gasteiger partial charge is 0.340 e. The molecule has 4 rings (SSSR count). The second-order valence-electron chi connectivity index (χ2n) is 13.7. The fraction of sp³-hybridized carbons (Fsp3) is 0.439. The number of allylic oxidation sites excluding steroid dienone is 1. The number of halogens is 1. The number of hydrazine groups is 1. The van der Waals surface area contributed by atoms with E-state index in [9.17, 15) is 4.39 Å². The van der Waals surface area contributed by atoms with Crippen LogP contribution >= 0.6 is 0 Å². The standard InChI is InChI=1S/C41H55FN4/c1-8-11-21-41(6,7)28-37-36-27-33(19-20-38(36)46(10-3)40(37)35-18-16-22-43-39(35)30(4)5)34-25-31(24-32(26-34)29-42)17-14-12-13-15-23-45-44-9-2/h8-9,16,18-20,22,24-27,30,44-45H,1-2,10-15,17,21,23,28-29H2,3-7H3. The number of unbranched alkanes of at least 4 members (excludes halogenated alkanes) is 3. The minimum atomic E-state index is -0.455. The van der Waals surface area contributed by atoms with Gasteiger partial charge in [-0.25, -0.2) is 9.82 Å². The lowest BCUT2D eigenvalue weighted by Gasteiger charge is -2.25. The van der Waals surface area contributed by atoms with Crippen LogP contribution in [0.4, 0.5) is 4.39 Å². The third-order valence-corrected chi connectivity index (χ3v) is 9.07. The summed E-state index contributed by atoms with van der Waals surface area (Å²) in [6, 6.07) is 17.5. The van der Waals surface area contributed by atoms with Gasteiger partial charge in [-0.05, 0) is 115 Å². The number of fused-ring (bicyclic) bond motifs is 1. The van der Waals surface area contributed by atoms with E-state index in [-0.39, 0.29) is 5.41 Å². The minimum absolute atomic E-state index is 0.0888. The zero-order valence-electron chi connectivity index (χ0n) is 28.9. The summed E-state index contributed by atoms with van der Waals surface area (Å²) in [5.41, 5.74) is 16.6. The molecule has 4 aromatic rings. The minimum Gasteiger partial charge on any atom is -0.340 e. The SMILES string of the molecule is C=CCCC(C)(C)Cc1c(-c2cccnc2C(C)C)n(CC)c2ccc(-c3cc(CF)cc(CCCCCCNNC=C)c3)cc12. The van der Waals surface area contributed by atoms with E-state index in [1.165, 1.54) is 33.3 Å². The number of benzene rings is 2. The Morgan fingerprint density at radius 2 is 1.76 bits per heavy atom. The summed E-state index contributed by atoms with van der Waals surface area (Å²) in [4.78, 5) is 4.86. The van der Waals surface area contributed by atoms with Crippen LogP contribution in [0.1, 0.15) is 101 Å². The summed E-state index contributed by atoms with van der Waals surface area (Å²) in [6.45, 7) is 20.4. The van der Waals surface area contributed by atoms with Crippen LogP contribution in [0, 0.1) is 5.41 Å². The topological polar surface area (TPSA) is 41.9 Å². The Balaban J connectivity index is 1.76. The molecule has 0 fully saturated rings. The van der Waals surface area contributed by atoms with Crippen molar-refractivity contribution in [2.24, 2.45) is 5.41 Å². The Kier molecular flexibility index (Phi) is 12.8. The first-order valence-corrected chi connectivity index (χ1v) is 17.2. The van der Waals surface area contributed by atoms with Gasteiger partial charge in [0.25, 0.3) is 0 Å². The van der Waals surface area contributed by atoms with Crippen molar-refractivity contribution in [3.63, 3.8) is 0 Å². The molecule has 2 N–H and O–H groups in total. The van der Waals surface area contributed by atoms with E-state index < -0.39 is 6.67 Å². The van der Waals surface area contributed by atoms with Crippen LogP contribution in [0.25, 0.3) is 33.3 Å². The van der Waals surface area contributed by atoms with Crippen LogP contribution in [0.2, 0.25) is 0 Å². The number of aromatic nitrogens is 2. The molecule has 0 aliphatic heterocycles. The van der Waals surface area contributed by atoms with Crippen LogP contribution in [0.5, 0.6) is 0 Å². The van der Waals surface area contributed by atoms with Gasteiger partial charge in [0.2, 0.25) is 0 Å². The summed E-state index contributed by atoms with van der Waals surface area (Å²) < 4.78 is 16.6. The molecule has 0 aliphatic rings. The Hall–Kier alpha value is -3.70. The molecule has 0 unspecified atom stereocenters. The molecule has 0 saturated carbocycles. The molecule has 0 aliphatic carbocycles. The molecule has 0 amide bonds. The quantitative estimate of drug-likeness (QED) is 0.0621. The lowest BCUT2D eigenvalue weighted by molar-refractivity contribution is 0.337. The van der Waals surface area contributed by atoms with Gasteiger partial charge in [-0.2, -0.15) is 0 Å². The normalized spacial score (nSPS) is 11.8. The maximum atomic E-state index is 14.2. The third kappa shape index (κ3) is 8.76. The average molecular weight is 623 g/mol. The van der Waals surface area contributed by atoms with Crippen molar-refractivity contribution in [2.75, 3.05) is 6.54 Å². The van der Waals surface area contributed by atoms with Crippen LogP contribution in [0.15, 0.2) is 80.2 Å². The monoisotopic (exact) mass is 622 g/mol. The number of alkyl halides is 1. The van der Waals surface area contributed by atoms with E-state index in [1.54, 1.807) is 6.20 Å². The number of pyridine rings is 1. The number of hydrogen-bond donors (Lipinski definition) is 2. The fourth-order valence-electron chi connectivity index (χ4n) is 6.75. The zero-order valence-corrected chi connectivity index (χ0v) is 28.9. The van der Waals surface area contributed by atoms with Crippen molar-refractivity contribution in [2.45, 2.75) is 105 Å². The summed E-state index contributed by atoms with van der Waals surface area (Å²) in [6.07, 6.45) is 14.1. The molecule has 2 aromatic carbocycles. The fourth-order valence-corrected chi connectivity index (χ4v) is 6.75. The molecule has 0 saturated heterocycles. The van der Waals surface area contributed by atoms with E-state index in [1.807, 2.05) is 24.4 Å². The predicted octanol–water partition coefficient (Wildman–Crippen LogP) is 10.9. The lowest BCUT2D eigenvalue weighted by atomic mass is 9.80. The van der Waals surface area contributed by atoms with E-state index in [2.05, 4.69) is 99.6 Å². The van der Waals surface area contributed by atoms with E-state index >= 15 is 0 Å². The predicted molar refractivity (Wildman–Crippen MR) is 196 cm³/mol. The Bertz CT molecular complexity index is 1600. The van der Waals surface area contributed by atoms with Crippen molar-refractivity contribution in [3.8, 4) is 22.4 Å². The van der Waals surface area contributed by atoms with Gasteiger partial charge in [0.1, 0.15) is 6.67 Å². The van der Waals surface area contributed by atoms with Crippen LogP contribution < -0.4 is 10.9 Å². The van der Waals surface area contributed by atoms with E-state index in [0.29, 0.717) is 5.92 Å². The van der Waals surface area contributed by atoms with Crippen LogP contribution in [-0.4, -0.2) is 16.1 Å². The first-order chi connectivity index (χ1) is 22.2. The number of aryl methyl sites for hydroxylation is 2.